The Morgan fingerprint density at radius 2 is 1.73 bits per heavy atom. The molecule has 1 N–H and O–H groups in total. The first kappa shape index (κ1) is 20.0. The molecule has 0 aliphatic heterocycles. The summed E-state index contributed by atoms with van der Waals surface area (Å²) in [5.74, 6) is 0.997. The van der Waals surface area contributed by atoms with Crippen LogP contribution in [0.25, 0.3) is 0 Å². The van der Waals surface area contributed by atoms with Crippen molar-refractivity contribution in [2.45, 2.75) is 24.9 Å². The van der Waals surface area contributed by atoms with Crippen molar-refractivity contribution in [3.63, 3.8) is 0 Å². The van der Waals surface area contributed by atoms with Gasteiger partial charge in [-0.2, -0.15) is 0 Å². The smallest absolute Gasteiger partial charge is 0.234 e. The van der Waals surface area contributed by atoms with Crippen molar-refractivity contribution >= 4 is 23.4 Å². The highest BCUT2D eigenvalue weighted by Crippen LogP contribution is 2.20. The Morgan fingerprint density at radius 1 is 0.967 bits per heavy atom. The fourth-order valence-corrected chi connectivity index (χ4v) is 3.91. The molecule has 0 bridgehead atoms. The summed E-state index contributed by atoms with van der Waals surface area (Å²) in [6.07, 6.45) is 5.47. The van der Waals surface area contributed by atoms with Crippen LogP contribution in [0.15, 0.2) is 84.3 Å². The summed E-state index contributed by atoms with van der Waals surface area (Å²) in [4.78, 5) is 12.5. The predicted molar refractivity (Wildman–Crippen MR) is 120 cm³/mol. The monoisotopic (exact) mass is 417 g/mol. The lowest BCUT2D eigenvalue weighted by Crippen LogP contribution is -2.16. The number of nitrogens with zero attached hydrogens (tertiary/aromatic N) is 4. The zero-order chi connectivity index (χ0) is 20.8. The summed E-state index contributed by atoms with van der Waals surface area (Å²) in [6.45, 7) is 2.10. The van der Waals surface area contributed by atoms with E-state index >= 15 is 0 Å². The van der Waals surface area contributed by atoms with Crippen LogP contribution in [0.4, 0.5) is 5.69 Å². The highest BCUT2D eigenvalue weighted by molar-refractivity contribution is 7.99. The molecule has 0 fully saturated rings. The van der Waals surface area contributed by atoms with Gasteiger partial charge in [0.25, 0.3) is 0 Å². The Bertz CT molecular complexity index is 1110. The summed E-state index contributed by atoms with van der Waals surface area (Å²) in [6, 6.07) is 22.0. The van der Waals surface area contributed by atoms with Crippen molar-refractivity contribution in [3.8, 4) is 0 Å². The standard InChI is InChI=1S/C23H23N5OS/c1-2-18-11-8-12-20(15-18)24-22(29)17-30-23-26-25-21(16-19-9-4-3-5-10-19)28(23)27-13-6-7-14-27/h3-15H,2,16-17H2,1H3,(H,24,29). The highest BCUT2D eigenvalue weighted by Gasteiger charge is 2.16. The number of rotatable bonds is 8. The number of hydrogen-bond donors (Lipinski definition) is 1. The second-order valence-electron chi connectivity index (χ2n) is 6.83. The molecule has 0 saturated carbocycles. The van der Waals surface area contributed by atoms with Gasteiger partial charge >= 0.3 is 0 Å². The minimum Gasteiger partial charge on any atom is -0.325 e. The lowest BCUT2D eigenvalue weighted by Gasteiger charge is -2.11. The van der Waals surface area contributed by atoms with Gasteiger partial charge in [0.15, 0.2) is 5.82 Å². The molecule has 2 heterocycles. The third-order valence-corrected chi connectivity index (χ3v) is 5.57. The topological polar surface area (TPSA) is 64.7 Å². The van der Waals surface area contributed by atoms with E-state index in [2.05, 4.69) is 40.6 Å². The number of aryl methyl sites for hydroxylation is 1. The van der Waals surface area contributed by atoms with Crippen LogP contribution in [0.5, 0.6) is 0 Å². The number of nitrogens with one attached hydrogen (secondary N) is 1. The van der Waals surface area contributed by atoms with E-state index in [4.69, 9.17) is 0 Å². The number of carbonyl (C=O) groups excluding carboxylic acids is 1. The Labute approximate surface area is 179 Å². The summed E-state index contributed by atoms with van der Waals surface area (Å²) in [5, 5.41) is 12.4. The average Bonchev–Trinajstić information content (AvgIpc) is 3.43. The largest absolute Gasteiger partial charge is 0.325 e. The lowest BCUT2D eigenvalue weighted by molar-refractivity contribution is -0.113. The fourth-order valence-electron chi connectivity index (χ4n) is 3.16. The van der Waals surface area contributed by atoms with Crippen LogP contribution in [-0.4, -0.2) is 31.2 Å². The van der Waals surface area contributed by atoms with Gasteiger partial charge in [-0.3, -0.25) is 9.47 Å². The van der Waals surface area contributed by atoms with Crippen LogP contribution in [0.1, 0.15) is 23.9 Å². The maximum absolute atomic E-state index is 12.5. The second kappa shape index (κ2) is 9.45. The number of amides is 1. The van der Waals surface area contributed by atoms with Gasteiger partial charge in [-0.15, -0.1) is 10.2 Å². The zero-order valence-corrected chi connectivity index (χ0v) is 17.5. The van der Waals surface area contributed by atoms with Gasteiger partial charge in [0.1, 0.15) is 0 Å². The van der Waals surface area contributed by atoms with Crippen LogP contribution in [0.2, 0.25) is 0 Å². The van der Waals surface area contributed by atoms with E-state index in [0.29, 0.717) is 11.6 Å². The third kappa shape index (κ3) is 4.80. The molecule has 0 radical (unpaired) electrons. The van der Waals surface area contributed by atoms with Crippen LogP contribution >= 0.6 is 11.8 Å². The first-order valence-corrected chi connectivity index (χ1v) is 10.8. The van der Waals surface area contributed by atoms with Crippen LogP contribution in [0.3, 0.4) is 0 Å². The Morgan fingerprint density at radius 3 is 2.50 bits per heavy atom. The zero-order valence-electron chi connectivity index (χ0n) is 16.7. The number of anilines is 1. The van der Waals surface area contributed by atoms with Crippen molar-refractivity contribution in [3.05, 3.63) is 96.1 Å². The summed E-state index contributed by atoms with van der Waals surface area (Å²) < 4.78 is 3.88. The van der Waals surface area contributed by atoms with Crippen LogP contribution in [-0.2, 0) is 17.6 Å². The second-order valence-corrected chi connectivity index (χ2v) is 7.77. The van der Waals surface area contributed by atoms with E-state index in [1.165, 1.54) is 17.3 Å². The highest BCUT2D eigenvalue weighted by atomic mass is 32.2. The van der Waals surface area contributed by atoms with E-state index < -0.39 is 0 Å². The summed E-state index contributed by atoms with van der Waals surface area (Å²) >= 11 is 1.37. The van der Waals surface area contributed by atoms with Gasteiger partial charge in [0.05, 0.1) is 5.75 Å². The molecule has 0 atom stereocenters. The minimum absolute atomic E-state index is 0.0695. The minimum atomic E-state index is -0.0695. The molecular weight excluding hydrogens is 394 g/mol. The van der Waals surface area contributed by atoms with E-state index in [9.17, 15) is 4.79 Å². The van der Waals surface area contributed by atoms with Crippen molar-refractivity contribution < 1.29 is 4.79 Å². The summed E-state index contributed by atoms with van der Waals surface area (Å²) in [7, 11) is 0. The number of aromatic nitrogens is 4. The molecular formula is C23H23N5OS. The Balaban J connectivity index is 1.49. The van der Waals surface area contributed by atoms with Gasteiger partial charge in [-0.05, 0) is 41.8 Å². The number of benzene rings is 2. The average molecular weight is 418 g/mol. The molecule has 0 aliphatic carbocycles. The van der Waals surface area contributed by atoms with Crippen molar-refractivity contribution in [2.24, 2.45) is 0 Å². The molecule has 30 heavy (non-hydrogen) atoms. The molecule has 4 aromatic rings. The van der Waals surface area contributed by atoms with Crippen LogP contribution in [0, 0.1) is 0 Å². The maximum atomic E-state index is 12.5. The van der Waals surface area contributed by atoms with Crippen molar-refractivity contribution in [2.75, 3.05) is 11.1 Å². The van der Waals surface area contributed by atoms with Crippen molar-refractivity contribution in [1.29, 1.82) is 0 Å². The summed E-state index contributed by atoms with van der Waals surface area (Å²) in [5.41, 5.74) is 3.17. The van der Waals surface area contributed by atoms with Gasteiger partial charge < -0.3 is 5.32 Å². The molecule has 152 valence electrons. The first-order chi connectivity index (χ1) is 14.7. The predicted octanol–water partition coefficient (Wildman–Crippen LogP) is 4.28. The molecule has 1 amide bonds. The molecule has 2 aromatic heterocycles. The SMILES string of the molecule is CCc1cccc(NC(=O)CSc2nnc(Cc3ccccc3)n2-n2cccc2)c1. The van der Waals surface area contributed by atoms with E-state index in [1.807, 2.05) is 70.3 Å². The van der Waals surface area contributed by atoms with Gasteiger partial charge in [0, 0.05) is 24.5 Å². The third-order valence-electron chi connectivity index (χ3n) is 4.65. The van der Waals surface area contributed by atoms with Crippen molar-refractivity contribution in [1.82, 2.24) is 19.5 Å². The molecule has 2 aromatic carbocycles. The molecule has 4 rings (SSSR count). The van der Waals surface area contributed by atoms with E-state index in [-0.39, 0.29) is 11.7 Å². The Hall–Kier alpha value is -3.32. The molecule has 0 unspecified atom stereocenters. The lowest BCUT2D eigenvalue weighted by atomic mass is 10.1. The number of thioether (sulfide) groups is 1. The fraction of sp³-hybridized carbons (Fsp3) is 0.174. The number of carbonyl (C=O) groups is 1. The first-order valence-electron chi connectivity index (χ1n) is 9.86. The van der Waals surface area contributed by atoms with E-state index in [1.54, 1.807) is 0 Å². The molecule has 7 heteroatoms. The van der Waals surface area contributed by atoms with Gasteiger partial charge in [-0.25, -0.2) is 4.68 Å². The van der Waals surface area contributed by atoms with E-state index in [0.717, 1.165) is 23.5 Å². The van der Waals surface area contributed by atoms with Gasteiger partial charge in [0.2, 0.25) is 11.1 Å². The van der Waals surface area contributed by atoms with Crippen LogP contribution < -0.4 is 5.32 Å². The van der Waals surface area contributed by atoms with Gasteiger partial charge in [-0.1, -0.05) is 61.2 Å². The Kier molecular flexibility index (Phi) is 6.29. The molecule has 0 saturated heterocycles. The normalized spacial score (nSPS) is 10.8. The molecule has 0 aliphatic rings. The molecule has 6 nitrogen and oxygen atoms in total. The quantitative estimate of drug-likeness (QED) is 0.435. The number of hydrogen-bond acceptors (Lipinski definition) is 4. The maximum Gasteiger partial charge on any atom is 0.234 e. The molecule has 0 spiro atoms.